The van der Waals surface area contributed by atoms with Crippen LogP contribution in [0.2, 0.25) is 0 Å². The second-order valence-corrected chi connectivity index (χ2v) is 5.61. The minimum atomic E-state index is 0.560. The van der Waals surface area contributed by atoms with Gasteiger partial charge in [-0.3, -0.25) is 5.10 Å². The Bertz CT molecular complexity index is 532. The number of rotatable bonds is 4. The zero-order valence-corrected chi connectivity index (χ0v) is 11.8. The van der Waals surface area contributed by atoms with Gasteiger partial charge in [-0.1, -0.05) is 32.0 Å². The van der Waals surface area contributed by atoms with Crippen molar-refractivity contribution < 1.29 is 0 Å². The Morgan fingerprint density at radius 2 is 2.06 bits per heavy atom. The average Bonchev–Trinajstić information content (AvgIpc) is 2.70. The fraction of sp³-hybridized carbons (Fsp3) is 0.357. The second kappa shape index (κ2) is 5.48. The topological polar surface area (TPSA) is 54.7 Å². The first kappa shape index (κ1) is 13.0. The second-order valence-electron chi connectivity index (χ2n) is 4.76. The van der Waals surface area contributed by atoms with Gasteiger partial charge in [0, 0.05) is 16.0 Å². The van der Waals surface area contributed by atoms with Gasteiger partial charge in [-0.05, 0) is 24.7 Å². The molecular formula is C14H19N3S. The van der Waals surface area contributed by atoms with Crippen LogP contribution in [0, 0.1) is 5.92 Å². The van der Waals surface area contributed by atoms with Crippen LogP contribution >= 0.6 is 11.8 Å². The molecule has 2 aromatic rings. The number of aromatic amines is 1. The summed E-state index contributed by atoms with van der Waals surface area (Å²) in [6.07, 6.45) is 3.03. The van der Waals surface area contributed by atoms with E-state index in [1.165, 1.54) is 10.5 Å². The molecule has 1 aromatic heterocycles. The van der Waals surface area contributed by atoms with E-state index in [1.54, 1.807) is 11.8 Å². The molecule has 0 aliphatic rings. The third-order valence-corrected chi connectivity index (χ3v) is 3.68. The largest absolute Gasteiger partial charge is 0.382 e. The Kier molecular flexibility index (Phi) is 3.97. The number of aromatic nitrogens is 2. The van der Waals surface area contributed by atoms with Crippen LogP contribution in [0.4, 0.5) is 5.82 Å². The maximum absolute atomic E-state index is 5.97. The van der Waals surface area contributed by atoms with Crippen LogP contribution in [0.15, 0.2) is 29.2 Å². The molecule has 0 saturated carbocycles. The molecule has 1 heterocycles. The summed E-state index contributed by atoms with van der Waals surface area (Å²) in [5.41, 5.74) is 9.35. The molecule has 1 aromatic carbocycles. The Morgan fingerprint density at radius 3 is 2.72 bits per heavy atom. The molecule has 0 spiro atoms. The number of H-pyrrole nitrogens is 1. The van der Waals surface area contributed by atoms with Crippen LogP contribution in [0.3, 0.4) is 0 Å². The normalized spacial score (nSPS) is 11.1. The number of thioether (sulfide) groups is 1. The Labute approximate surface area is 112 Å². The highest BCUT2D eigenvalue weighted by Crippen LogP contribution is 2.33. The fourth-order valence-corrected chi connectivity index (χ4v) is 2.67. The highest BCUT2D eigenvalue weighted by molar-refractivity contribution is 7.98. The van der Waals surface area contributed by atoms with E-state index in [4.69, 9.17) is 5.73 Å². The van der Waals surface area contributed by atoms with E-state index < -0.39 is 0 Å². The summed E-state index contributed by atoms with van der Waals surface area (Å²) in [6.45, 7) is 4.38. The Hall–Kier alpha value is -1.42. The van der Waals surface area contributed by atoms with Crippen molar-refractivity contribution >= 4 is 17.6 Å². The van der Waals surface area contributed by atoms with Crippen LogP contribution in [-0.4, -0.2) is 16.5 Å². The van der Waals surface area contributed by atoms with Gasteiger partial charge in [-0.15, -0.1) is 11.8 Å². The van der Waals surface area contributed by atoms with Crippen molar-refractivity contribution in [1.29, 1.82) is 0 Å². The molecule has 0 atom stereocenters. The molecule has 0 bridgehead atoms. The lowest BCUT2D eigenvalue weighted by atomic mass is 9.99. The van der Waals surface area contributed by atoms with E-state index in [9.17, 15) is 0 Å². The van der Waals surface area contributed by atoms with E-state index in [-0.39, 0.29) is 0 Å². The molecule has 3 nitrogen and oxygen atoms in total. The Balaban J connectivity index is 2.50. The van der Waals surface area contributed by atoms with Gasteiger partial charge in [0.25, 0.3) is 0 Å². The highest BCUT2D eigenvalue weighted by Gasteiger charge is 2.15. The molecule has 0 aliphatic carbocycles. The van der Waals surface area contributed by atoms with Crippen LogP contribution < -0.4 is 5.73 Å². The minimum absolute atomic E-state index is 0.560. The average molecular weight is 261 g/mol. The van der Waals surface area contributed by atoms with Gasteiger partial charge in [0.15, 0.2) is 0 Å². The number of hydrogen-bond acceptors (Lipinski definition) is 3. The van der Waals surface area contributed by atoms with Gasteiger partial charge < -0.3 is 5.73 Å². The number of benzene rings is 1. The molecule has 3 N–H and O–H groups in total. The zero-order valence-electron chi connectivity index (χ0n) is 11.0. The fourth-order valence-electron chi connectivity index (χ4n) is 2.07. The van der Waals surface area contributed by atoms with Crippen LogP contribution in [0.5, 0.6) is 0 Å². The van der Waals surface area contributed by atoms with Crippen molar-refractivity contribution in [2.45, 2.75) is 25.2 Å². The van der Waals surface area contributed by atoms with Gasteiger partial charge in [-0.25, -0.2) is 0 Å². The molecule has 0 unspecified atom stereocenters. The number of nitrogens with one attached hydrogen (secondary N) is 1. The number of nitrogens with zero attached hydrogens (tertiary/aromatic N) is 1. The SMILES string of the molecule is CSc1ccccc1-c1[nH]nc(N)c1CC(C)C. The number of nitrogens with two attached hydrogens (primary N) is 1. The molecule has 2 rings (SSSR count). The summed E-state index contributed by atoms with van der Waals surface area (Å²) in [5.74, 6) is 1.18. The van der Waals surface area contributed by atoms with E-state index in [0.717, 1.165) is 17.7 Å². The molecule has 0 saturated heterocycles. The lowest BCUT2D eigenvalue weighted by Crippen LogP contribution is -1.99. The lowest BCUT2D eigenvalue weighted by Gasteiger charge is -2.09. The van der Waals surface area contributed by atoms with Crippen LogP contribution in [0.25, 0.3) is 11.3 Å². The smallest absolute Gasteiger partial charge is 0.149 e. The van der Waals surface area contributed by atoms with Gasteiger partial charge in [0.2, 0.25) is 0 Å². The van der Waals surface area contributed by atoms with E-state index >= 15 is 0 Å². The quantitative estimate of drug-likeness (QED) is 0.827. The van der Waals surface area contributed by atoms with Crippen molar-refractivity contribution in [2.24, 2.45) is 5.92 Å². The monoisotopic (exact) mass is 261 g/mol. The lowest BCUT2D eigenvalue weighted by molar-refractivity contribution is 0.649. The molecular weight excluding hydrogens is 242 g/mol. The van der Waals surface area contributed by atoms with E-state index in [0.29, 0.717) is 11.7 Å². The maximum atomic E-state index is 5.97. The van der Waals surface area contributed by atoms with Crippen molar-refractivity contribution in [1.82, 2.24) is 10.2 Å². The first-order valence-corrected chi connectivity index (χ1v) is 7.32. The van der Waals surface area contributed by atoms with Gasteiger partial charge >= 0.3 is 0 Å². The summed E-state index contributed by atoms with van der Waals surface area (Å²) < 4.78 is 0. The third-order valence-electron chi connectivity index (χ3n) is 2.89. The highest BCUT2D eigenvalue weighted by atomic mass is 32.2. The molecule has 18 heavy (non-hydrogen) atoms. The summed E-state index contributed by atoms with van der Waals surface area (Å²) in [4.78, 5) is 1.24. The van der Waals surface area contributed by atoms with Gasteiger partial charge in [-0.2, -0.15) is 5.10 Å². The predicted molar refractivity (Wildman–Crippen MR) is 78.8 cm³/mol. The third kappa shape index (κ3) is 2.53. The van der Waals surface area contributed by atoms with Crippen LogP contribution in [0.1, 0.15) is 19.4 Å². The molecule has 0 fully saturated rings. The standard InChI is InChI=1S/C14H19N3S/c1-9(2)8-11-13(16-17-14(11)15)10-6-4-5-7-12(10)18-3/h4-7,9H,8H2,1-3H3,(H3,15,16,17). The van der Waals surface area contributed by atoms with Gasteiger partial charge in [0.1, 0.15) is 5.82 Å². The minimum Gasteiger partial charge on any atom is -0.382 e. The summed E-state index contributed by atoms with van der Waals surface area (Å²) in [6, 6.07) is 8.33. The number of anilines is 1. The first-order valence-electron chi connectivity index (χ1n) is 6.09. The predicted octanol–water partition coefficient (Wildman–Crippen LogP) is 3.58. The zero-order chi connectivity index (χ0) is 13.1. The number of hydrogen-bond donors (Lipinski definition) is 2. The Morgan fingerprint density at radius 1 is 1.33 bits per heavy atom. The van der Waals surface area contributed by atoms with Gasteiger partial charge in [0.05, 0.1) is 5.69 Å². The molecule has 0 aliphatic heterocycles. The molecule has 0 radical (unpaired) electrons. The van der Waals surface area contributed by atoms with Crippen molar-refractivity contribution in [3.8, 4) is 11.3 Å². The van der Waals surface area contributed by atoms with Crippen molar-refractivity contribution in [3.63, 3.8) is 0 Å². The molecule has 0 amide bonds. The van der Waals surface area contributed by atoms with Crippen molar-refractivity contribution in [2.75, 3.05) is 12.0 Å². The maximum Gasteiger partial charge on any atom is 0.149 e. The summed E-state index contributed by atoms with van der Waals surface area (Å²) in [7, 11) is 0. The van der Waals surface area contributed by atoms with E-state index in [2.05, 4.69) is 48.5 Å². The summed E-state index contributed by atoms with van der Waals surface area (Å²) in [5, 5.41) is 7.25. The number of nitrogen functional groups attached to an aromatic ring is 1. The molecule has 96 valence electrons. The first-order chi connectivity index (χ1) is 8.63. The molecule has 4 heteroatoms. The van der Waals surface area contributed by atoms with E-state index in [1.807, 2.05) is 6.07 Å². The summed E-state index contributed by atoms with van der Waals surface area (Å²) >= 11 is 1.74. The van der Waals surface area contributed by atoms with Crippen LogP contribution in [-0.2, 0) is 6.42 Å². The van der Waals surface area contributed by atoms with Crippen molar-refractivity contribution in [3.05, 3.63) is 29.8 Å².